The van der Waals surface area contributed by atoms with Crippen LogP contribution in [0.5, 0.6) is 5.75 Å². The zero-order valence-electron chi connectivity index (χ0n) is 13.8. The lowest BCUT2D eigenvalue weighted by atomic mass is 9.78. The molecule has 0 unspecified atom stereocenters. The van der Waals surface area contributed by atoms with E-state index in [4.69, 9.17) is 17.0 Å². The first kappa shape index (κ1) is 15.4. The number of thiocarbonyl (C=S) groups is 1. The third kappa shape index (κ3) is 2.75. The SMILES string of the molecule is COc1ccc([C@H]2NC(=S)NC3=C(C4=NCCN4)CCC[C@H]32)cc1. The number of hydrogen-bond acceptors (Lipinski definition) is 4. The van der Waals surface area contributed by atoms with Crippen molar-refractivity contribution < 1.29 is 4.74 Å². The summed E-state index contributed by atoms with van der Waals surface area (Å²) < 4.78 is 5.28. The van der Waals surface area contributed by atoms with Gasteiger partial charge in [0.1, 0.15) is 11.6 Å². The molecule has 3 aliphatic rings. The van der Waals surface area contributed by atoms with Crippen molar-refractivity contribution in [3.63, 3.8) is 0 Å². The number of ether oxygens (including phenoxy) is 1. The molecule has 4 rings (SSSR count). The number of nitrogens with zero attached hydrogens (tertiary/aromatic N) is 1. The Bertz CT molecular complexity index is 710. The minimum Gasteiger partial charge on any atom is -0.497 e. The third-order valence-electron chi connectivity index (χ3n) is 5.01. The highest BCUT2D eigenvalue weighted by molar-refractivity contribution is 7.80. The summed E-state index contributed by atoms with van der Waals surface area (Å²) >= 11 is 5.49. The predicted molar refractivity (Wildman–Crippen MR) is 99.3 cm³/mol. The fourth-order valence-corrected chi connectivity index (χ4v) is 4.11. The van der Waals surface area contributed by atoms with Crippen LogP contribution in [0, 0.1) is 5.92 Å². The lowest BCUT2D eigenvalue weighted by Gasteiger charge is -2.40. The summed E-state index contributed by atoms with van der Waals surface area (Å²) in [5, 5.41) is 11.0. The molecule has 1 aromatic carbocycles. The van der Waals surface area contributed by atoms with Crippen LogP contribution >= 0.6 is 12.2 Å². The van der Waals surface area contributed by atoms with Crippen molar-refractivity contribution in [2.45, 2.75) is 25.3 Å². The van der Waals surface area contributed by atoms with Crippen LogP contribution in [0.25, 0.3) is 0 Å². The van der Waals surface area contributed by atoms with Crippen LogP contribution in [0.15, 0.2) is 40.5 Å². The summed E-state index contributed by atoms with van der Waals surface area (Å²) in [6, 6.07) is 8.47. The van der Waals surface area contributed by atoms with E-state index in [0.29, 0.717) is 11.0 Å². The van der Waals surface area contributed by atoms with E-state index in [2.05, 4.69) is 33.1 Å². The first-order valence-corrected chi connectivity index (χ1v) is 8.90. The molecule has 1 saturated heterocycles. The average Bonchev–Trinajstić information content (AvgIpc) is 3.15. The molecule has 24 heavy (non-hydrogen) atoms. The number of rotatable bonds is 3. The van der Waals surface area contributed by atoms with Crippen LogP contribution in [0.3, 0.4) is 0 Å². The van der Waals surface area contributed by atoms with Gasteiger partial charge < -0.3 is 20.7 Å². The van der Waals surface area contributed by atoms with Gasteiger partial charge in [0, 0.05) is 23.7 Å². The summed E-state index contributed by atoms with van der Waals surface area (Å²) in [4.78, 5) is 4.62. The van der Waals surface area contributed by atoms with E-state index in [-0.39, 0.29) is 6.04 Å². The molecule has 2 heterocycles. The van der Waals surface area contributed by atoms with Crippen LogP contribution < -0.4 is 20.7 Å². The van der Waals surface area contributed by atoms with E-state index in [1.54, 1.807) is 7.11 Å². The van der Waals surface area contributed by atoms with E-state index >= 15 is 0 Å². The lowest BCUT2D eigenvalue weighted by Crippen LogP contribution is -2.50. The Morgan fingerprint density at radius 3 is 2.79 bits per heavy atom. The zero-order chi connectivity index (χ0) is 16.5. The van der Waals surface area contributed by atoms with Gasteiger partial charge in [-0.25, -0.2) is 0 Å². The van der Waals surface area contributed by atoms with Crippen molar-refractivity contribution in [1.82, 2.24) is 16.0 Å². The van der Waals surface area contributed by atoms with Gasteiger partial charge in [-0.3, -0.25) is 4.99 Å². The number of hydrogen-bond donors (Lipinski definition) is 3. The smallest absolute Gasteiger partial charge is 0.171 e. The molecule has 1 fully saturated rings. The number of benzene rings is 1. The maximum absolute atomic E-state index is 5.49. The Kier molecular flexibility index (Phi) is 4.14. The van der Waals surface area contributed by atoms with Gasteiger partial charge in [-0.15, -0.1) is 0 Å². The molecule has 6 heteroatoms. The van der Waals surface area contributed by atoms with Crippen LogP contribution in [-0.4, -0.2) is 31.1 Å². The second-order valence-corrected chi connectivity index (χ2v) is 6.81. The second-order valence-electron chi connectivity index (χ2n) is 6.40. The molecule has 0 saturated carbocycles. The normalized spacial score (nSPS) is 26.0. The topological polar surface area (TPSA) is 57.7 Å². The van der Waals surface area contributed by atoms with Gasteiger partial charge in [-0.2, -0.15) is 0 Å². The van der Waals surface area contributed by atoms with Crippen LogP contribution in [0.2, 0.25) is 0 Å². The van der Waals surface area contributed by atoms with E-state index in [1.165, 1.54) is 23.3 Å². The molecule has 0 spiro atoms. The first-order valence-electron chi connectivity index (χ1n) is 8.49. The lowest BCUT2D eigenvalue weighted by molar-refractivity contribution is 0.367. The largest absolute Gasteiger partial charge is 0.497 e. The van der Waals surface area contributed by atoms with Gasteiger partial charge in [0.15, 0.2) is 5.11 Å². The fourth-order valence-electron chi connectivity index (χ4n) is 3.88. The van der Waals surface area contributed by atoms with Crippen molar-refractivity contribution in [3.8, 4) is 5.75 Å². The summed E-state index contributed by atoms with van der Waals surface area (Å²) in [5.74, 6) is 2.32. The van der Waals surface area contributed by atoms with Crippen molar-refractivity contribution >= 4 is 23.2 Å². The quantitative estimate of drug-likeness (QED) is 0.736. The second kappa shape index (κ2) is 6.43. The Balaban J connectivity index is 1.70. The number of methoxy groups -OCH3 is 1. The molecule has 3 N–H and O–H groups in total. The van der Waals surface area contributed by atoms with Crippen LogP contribution in [0.1, 0.15) is 30.9 Å². The molecule has 2 aliphatic heterocycles. The molecule has 1 aliphatic carbocycles. The van der Waals surface area contributed by atoms with Gasteiger partial charge in [-0.05, 0) is 49.2 Å². The van der Waals surface area contributed by atoms with E-state index < -0.39 is 0 Å². The average molecular weight is 342 g/mol. The molecular formula is C18H22N4OS. The minimum absolute atomic E-state index is 0.192. The van der Waals surface area contributed by atoms with Crippen LogP contribution in [-0.2, 0) is 0 Å². The molecule has 1 aromatic rings. The van der Waals surface area contributed by atoms with Gasteiger partial charge in [0.2, 0.25) is 0 Å². The molecule has 2 atom stereocenters. The molecular weight excluding hydrogens is 320 g/mol. The molecule has 0 radical (unpaired) electrons. The summed E-state index contributed by atoms with van der Waals surface area (Å²) in [6.45, 7) is 1.79. The Labute approximate surface area is 147 Å². The van der Waals surface area contributed by atoms with Gasteiger partial charge >= 0.3 is 0 Å². The highest BCUT2D eigenvalue weighted by Gasteiger charge is 2.37. The molecule has 0 aromatic heterocycles. The molecule has 126 valence electrons. The number of aliphatic imine (C=N–C) groups is 1. The maximum Gasteiger partial charge on any atom is 0.171 e. The number of nitrogens with one attached hydrogen (secondary N) is 3. The molecule has 0 bridgehead atoms. The fraction of sp³-hybridized carbons (Fsp3) is 0.444. The highest BCUT2D eigenvalue weighted by Crippen LogP contribution is 2.40. The molecule has 0 amide bonds. The van der Waals surface area contributed by atoms with Crippen molar-refractivity contribution in [3.05, 3.63) is 41.1 Å². The number of amidine groups is 1. The summed E-state index contributed by atoms with van der Waals surface area (Å²) in [7, 11) is 1.69. The maximum atomic E-state index is 5.49. The van der Waals surface area contributed by atoms with E-state index in [0.717, 1.165) is 37.5 Å². The highest BCUT2D eigenvalue weighted by atomic mass is 32.1. The standard InChI is InChI=1S/C18H22N4OS/c1-23-12-7-5-11(6-8-12)15-13-3-2-4-14(17-19-9-10-20-17)16(13)22-18(24)21-15/h5-8,13,15H,2-4,9-10H2,1H3,(H,19,20)(H2,21,22,24)/t13-,15+/m0/s1. The molecule has 5 nitrogen and oxygen atoms in total. The summed E-state index contributed by atoms with van der Waals surface area (Å²) in [6.07, 6.45) is 3.38. The van der Waals surface area contributed by atoms with Gasteiger partial charge in [0.05, 0.1) is 19.7 Å². The first-order chi connectivity index (χ1) is 11.8. The van der Waals surface area contributed by atoms with E-state index in [1.807, 2.05) is 12.1 Å². The van der Waals surface area contributed by atoms with Crippen LogP contribution in [0.4, 0.5) is 0 Å². The third-order valence-corrected chi connectivity index (χ3v) is 5.23. The van der Waals surface area contributed by atoms with Crippen molar-refractivity contribution in [2.24, 2.45) is 10.9 Å². The number of fused-ring (bicyclic) bond motifs is 1. The van der Waals surface area contributed by atoms with Crippen molar-refractivity contribution in [1.29, 1.82) is 0 Å². The van der Waals surface area contributed by atoms with Crippen molar-refractivity contribution in [2.75, 3.05) is 20.2 Å². The van der Waals surface area contributed by atoms with Gasteiger partial charge in [-0.1, -0.05) is 12.1 Å². The Morgan fingerprint density at radius 1 is 1.25 bits per heavy atom. The Morgan fingerprint density at radius 2 is 2.08 bits per heavy atom. The zero-order valence-corrected chi connectivity index (χ0v) is 14.6. The van der Waals surface area contributed by atoms with Gasteiger partial charge in [0.25, 0.3) is 0 Å². The summed E-state index contributed by atoms with van der Waals surface area (Å²) in [5.41, 5.74) is 3.80. The Hall–Kier alpha value is -2.08. The van der Waals surface area contributed by atoms with E-state index in [9.17, 15) is 0 Å². The minimum atomic E-state index is 0.192. The predicted octanol–water partition coefficient (Wildman–Crippen LogP) is 2.27. The monoisotopic (exact) mass is 342 g/mol.